The molecule has 0 spiro atoms. The second kappa shape index (κ2) is 10.9. The van der Waals surface area contributed by atoms with Crippen molar-refractivity contribution in [3.63, 3.8) is 0 Å². The number of fused-ring (bicyclic) bond motifs is 20. The van der Waals surface area contributed by atoms with Crippen molar-refractivity contribution in [2.75, 3.05) is 0 Å². The van der Waals surface area contributed by atoms with Crippen LogP contribution in [0.5, 0.6) is 0 Å². The van der Waals surface area contributed by atoms with Crippen LogP contribution in [-0.4, -0.2) is 20.2 Å². The van der Waals surface area contributed by atoms with Gasteiger partial charge in [0.2, 0.25) is 0 Å². The van der Waals surface area contributed by atoms with Crippen molar-refractivity contribution < 1.29 is 0 Å². The maximum absolute atomic E-state index is 2.73. The van der Waals surface area contributed by atoms with Gasteiger partial charge in [-0.2, -0.15) is 0 Å². The third-order valence-electron chi connectivity index (χ3n) is 16.8. The van der Waals surface area contributed by atoms with Gasteiger partial charge in [0.15, 0.2) is 0 Å². The van der Waals surface area contributed by atoms with Crippen LogP contribution >= 0.6 is 0 Å². The van der Waals surface area contributed by atoms with Gasteiger partial charge >= 0.3 is 0 Å². The Balaban J connectivity index is 1.31. The molecular formula is C56H46BN3. The summed E-state index contributed by atoms with van der Waals surface area (Å²) in [6, 6.07) is 47.0. The Hall–Kier alpha value is -6.26. The van der Waals surface area contributed by atoms with Gasteiger partial charge in [0.1, 0.15) is 5.65 Å². The molecule has 3 aromatic heterocycles. The van der Waals surface area contributed by atoms with E-state index < -0.39 is 0 Å². The highest BCUT2D eigenvalue weighted by Crippen LogP contribution is 2.57. The smallest absolute Gasteiger partial charge is 0.255 e. The fraction of sp³-hybridized carbons (Fsp3) is 0.214. The predicted octanol–water partition coefficient (Wildman–Crippen LogP) is 12.0. The van der Waals surface area contributed by atoms with Gasteiger partial charge in [0, 0.05) is 22.1 Å². The zero-order valence-corrected chi connectivity index (χ0v) is 35.3. The largest absolute Gasteiger partial charge is 0.310 e. The van der Waals surface area contributed by atoms with Gasteiger partial charge in [-0.15, -0.1) is 0 Å². The molecule has 2 bridgehead atoms. The van der Waals surface area contributed by atoms with Crippen LogP contribution in [0.25, 0.3) is 82.3 Å². The van der Waals surface area contributed by atoms with Crippen LogP contribution in [-0.2, 0) is 10.8 Å². The van der Waals surface area contributed by atoms with Gasteiger partial charge in [0.25, 0.3) is 6.71 Å². The summed E-state index contributed by atoms with van der Waals surface area (Å²) in [5.74, 6) is 0. The van der Waals surface area contributed by atoms with Crippen molar-refractivity contribution in [1.29, 1.82) is 0 Å². The summed E-state index contributed by atoms with van der Waals surface area (Å²) in [6.07, 6.45) is 5.10. The van der Waals surface area contributed by atoms with E-state index in [0.717, 1.165) is 0 Å². The fourth-order valence-electron chi connectivity index (χ4n) is 13.2. The second-order valence-electron chi connectivity index (χ2n) is 19.5. The minimum atomic E-state index is 0.0409. The summed E-state index contributed by atoms with van der Waals surface area (Å²) < 4.78 is 8.09. The van der Waals surface area contributed by atoms with Crippen molar-refractivity contribution in [2.45, 2.75) is 78.1 Å². The molecule has 5 heterocycles. The number of aryl methyl sites for hydroxylation is 2. The zero-order chi connectivity index (χ0) is 40.1. The molecule has 60 heavy (non-hydrogen) atoms. The molecule has 7 aromatic carbocycles. The van der Waals surface area contributed by atoms with Crippen LogP contribution in [0.1, 0.15) is 72.9 Å². The Morgan fingerprint density at radius 2 is 0.983 bits per heavy atom. The lowest BCUT2D eigenvalue weighted by Gasteiger charge is -2.52. The fourth-order valence-corrected chi connectivity index (χ4v) is 13.2. The van der Waals surface area contributed by atoms with E-state index in [1.165, 1.54) is 147 Å². The first-order valence-corrected chi connectivity index (χ1v) is 22.2. The first kappa shape index (κ1) is 33.6. The van der Waals surface area contributed by atoms with Crippen LogP contribution in [0.4, 0.5) is 0 Å². The van der Waals surface area contributed by atoms with Crippen molar-refractivity contribution in [3.8, 4) is 11.4 Å². The zero-order valence-electron chi connectivity index (χ0n) is 35.3. The first-order chi connectivity index (χ1) is 29.2. The Morgan fingerprint density at radius 1 is 0.433 bits per heavy atom. The van der Waals surface area contributed by atoms with E-state index in [0.29, 0.717) is 0 Å². The van der Waals surface area contributed by atoms with Gasteiger partial charge < -0.3 is 4.57 Å². The highest BCUT2D eigenvalue weighted by Gasteiger charge is 2.49. The lowest BCUT2D eigenvalue weighted by atomic mass is 9.34. The minimum Gasteiger partial charge on any atom is -0.310 e. The normalized spacial score (nSPS) is 19.7. The number of para-hydroxylation sites is 2. The molecule has 1 saturated carbocycles. The van der Waals surface area contributed by atoms with E-state index in [4.69, 9.17) is 0 Å². The SMILES string of the molecule is Cc1c(C)c(C)c2c(c1C)n1c3c(c4cc5c(cc4n23)C2(C)CCC5(C)CC2)B2c3ccccc3-n3c4ccccc4c4ccccc4c4ccccc4c4ccc-1c2c43. The Morgan fingerprint density at radius 3 is 1.67 bits per heavy atom. The van der Waals surface area contributed by atoms with E-state index >= 15 is 0 Å². The van der Waals surface area contributed by atoms with Crippen molar-refractivity contribution in [1.82, 2.24) is 13.5 Å². The lowest BCUT2D eigenvalue weighted by Crippen LogP contribution is -2.59. The van der Waals surface area contributed by atoms with Gasteiger partial charge in [-0.3, -0.25) is 8.97 Å². The predicted molar refractivity (Wildman–Crippen MR) is 255 cm³/mol. The molecule has 288 valence electrons. The van der Waals surface area contributed by atoms with Crippen LogP contribution in [0.2, 0.25) is 0 Å². The maximum atomic E-state index is 2.73. The molecule has 2 aliphatic heterocycles. The summed E-state index contributed by atoms with van der Waals surface area (Å²) in [7, 11) is 0. The molecule has 3 nitrogen and oxygen atoms in total. The summed E-state index contributed by atoms with van der Waals surface area (Å²) in [5, 5.41) is 9.05. The Labute approximate surface area is 350 Å². The first-order valence-electron chi connectivity index (χ1n) is 22.2. The van der Waals surface area contributed by atoms with Gasteiger partial charge in [0.05, 0.1) is 27.6 Å². The third kappa shape index (κ3) is 3.74. The molecule has 10 aromatic rings. The third-order valence-corrected chi connectivity index (χ3v) is 16.8. The van der Waals surface area contributed by atoms with Gasteiger partial charge in [-0.05, 0) is 171 Å². The summed E-state index contributed by atoms with van der Waals surface area (Å²) in [6.45, 7) is 14.6. The molecule has 3 aliphatic carbocycles. The molecule has 0 radical (unpaired) electrons. The Kier molecular flexibility index (Phi) is 6.11. The second-order valence-corrected chi connectivity index (χ2v) is 19.5. The lowest BCUT2D eigenvalue weighted by molar-refractivity contribution is 0.188. The van der Waals surface area contributed by atoms with E-state index in [-0.39, 0.29) is 17.5 Å². The Bertz CT molecular complexity index is 3750. The van der Waals surface area contributed by atoms with E-state index in [2.05, 4.69) is 176 Å². The number of aromatic nitrogens is 3. The number of hydrogen-bond donors (Lipinski definition) is 0. The van der Waals surface area contributed by atoms with Gasteiger partial charge in [-0.25, -0.2) is 0 Å². The number of imidazole rings is 1. The molecule has 0 amide bonds. The number of hydrogen-bond acceptors (Lipinski definition) is 0. The molecule has 4 heteroatoms. The molecule has 0 N–H and O–H groups in total. The molecule has 1 fully saturated rings. The average molecular weight is 772 g/mol. The molecule has 15 rings (SSSR count). The van der Waals surface area contributed by atoms with Crippen molar-refractivity contribution in [2.24, 2.45) is 0 Å². The monoisotopic (exact) mass is 771 g/mol. The highest BCUT2D eigenvalue weighted by molar-refractivity contribution is 7.01. The van der Waals surface area contributed by atoms with Gasteiger partial charge in [-0.1, -0.05) is 105 Å². The maximum Gasteiger partial charge on any atom is 0.255 e. The molecule has 5 aliphatic rings. The summed E-state index contributed by atoms with van der Waals surface area (Å²) in [5.41, 5.74) is 24.0. The van der Waals surface area contributed by atoms with E-state index in [9.17, 15) is 0 Å². The number of nitrogens with zero attached hydrogens (tertiary/aromatic N) is 3. The van der Waals surface area contributed by atoms with Crippen LogP contribution in [0.3, 0.4) is 0 Å². The molecule has 0 saturated heterocycles. The van der Waals surface area contributed by atoms with E-state index in [1.807, 2.05) is 0 Å². The topological polar surface area (TPSA) is 14.3 Å². The van der Waals surface area contributed by atoms with E-state index in [1.54, 1.807) is 11.1 Å². The standard InChI is InChI=1S/C56H46BN3/c1-31-32(2)34(4)52-51(33(31)3)59-47-24-23-40-38-18-10-8-16-36(38)35-15-7-9-17-37(35)39-19-11-13-21-45(39)58-46-22-14-12-20-44(46)57(50(47)53(40)58)49-41-29-42-43(30-48(41)60(52)54(49)59)56(6)27-25-55(42,5)26-28-56/h7-24,29-30H,25-28H2,1-6H3. The van der Waals surface area contributed by atoms with Crippen LogP contribution in [0, 0.1) is 27.7 Å². The number of benzene rings is 7. The quantitative estimate of drug-likeness (QED) is 0.136. The summed E-state index contributed by atoms with van der Waals surface area (Å²) in [4.78, 5) is 0. The average Bonchev–Trinajstić information content (AvgIpc) is 3.81. The summed E-state index contributed by atoms with van der Waals surface area (Å²) >= 11 is 0. The number of rotatable bonds is 0. The van der Waals surface area contributed by atoms with Crippen molar-refractivity contribution in [3.05, 3.63) is 155 Å². The minimum absolute atomic E-state index is 0.0409. The highest BCUT2D eigenvalue weighted by atomic mass is 15.2. The molecule has 0 unspecified atom stereocenters. The van der Waals surface area contributed by atoms with Crippen molar-refractivity contribution >= 4 is 94.0 Å². The molecule has 0 atom stereocenters. The van der Waals surface area contributed by atoms with Crippen LogP contribution < -0.4 is 16.4 Å². The molecular weight excluding hydrogens is 725 g/mol. The van der Waals surface area contributed by atoms with Crippen LogP contribution in [0.15, 0.2) is 121 Å².